The Bertz CT molecular complexity index is 236. The van der Waals surface area contributed by atoms with Crippen molar-refractivity contribution >= 4 is 0 Å². The van der Waals surface area contributed by atoms with Crippen LogP contribution in [-0.2, 0) is 0 Å². The molecule has 0 saturated carbocycles. The van der Waals surface area contributed by atoms with Gasteiger partial charge in [0.1, 0.15) is 0 Å². The van der Waals surface area contributed by atoms with Gasteiger partial charge in [-0.05, 0) is 90.3 Å². The molecule has 2 aliphatic heterocycles. The summed E-state index contributed by atoms with van der Waals surface area (Å²) in [5.41, 5.74) is 0. The molecular weight excluding hydrogens is 234 g/mol. The van der Waals surface area contributed by atoms with Crippen LogP contribution in [0.25, 0.3) is 0 Å². The van der Waals surface area contributed by atoms with Crippen molar-refractivity contribution in [3.05, 3.63) is 0 Å². The largest absolute Gasteiger partial charge is 0.316 e. The summed E-state index contributed by atoms with van der Waals surface area (Å²) in [4.78, 5) is 5.13. The minimum Gasteiger partial charge on any atom is -0.316 e. The van der Waals surface area contributed by atoms with E-state index in [4.69, 9.17) is 0 Å². The first-order valence-electron chi connectivity index (χ1n) is 8.35. The van der Waals surface area contributed by atoms with Gasteiger partial charge in [-0.25, -0.2) is 0 Å². The van der Waals surface area contributed by atoms with Crippen LogP contribution in [0.15, 0.2) is 0 Å². The molecule has 0 aromatic rings. The highest BCUT2D eigenvalue weighted by atomic mass is 15.1. The van der Waals surface area contributed by atoms with Gasteiger partial charge < -0.3 is 15.1 Å². The summed E-state index contributed by atoms with van der Waals surface area (Å²) in [7, 11) is 2.25. The number of hydrogen-bond acceptors (Lipinski definition) is 3. The Kier molecular flexibility index (Phi) is 6.62. The Labute approximate surface area is 119 Å². The maximum Gasteiger partial charge on any atom is 0.00187 e. The van der Waals surface area contributed by atoms with E-state index in [1.54, 1.807) is 0 Å². The van der Waals surface area contributed by atoms with Crippen LogP contribution in [0.4, 0.5) is 0 Å². The van der Waals surface area contributed by atoms with E-state index >= 15 is 0 Å². The van der Waals surface area contributed by atoms with E-state index in [1.165, 1.54) is 77.9 Å². The maximum absolute atomic E-state index is 3.67. The van der Waals surface area contributed by atoms with Crippen LogP contribution in [0.5, 0.6) is 0 Å². The van der Waals surface area contributed by atoms with E-state index in [0.717, 1.165) is 11.8 Å². The fourth-order valence-corrected chi connectivity index (χ4v) is 3.46. The number of nitrogens with zero attached hydrogens (tertiary/aromatic N) is 2. The quantitative estimate of drug-likeness (QED) is 0.743. The third-order valence-corrected chi connectivity index (χ3v) is 4.86. The number of piperidine rings is 2. The molecule has 1 unspecified atom stereocenters. The van der Waals surface area contributed by atoms with Gasteiger partial charge >= 0.3 is 0 Å². The molecule has 3 heteroatoms. The van der Waals surface area contributed by atoms with E-state index in [1.807, 2.05) is 0 Å². The van der Waals surface area contributed by atoms with Crippen LogP contribution in [-0.4, -0.2) is 62.7 Å². The van der Waals surface area contributed by atoms with E-state index in [2.05, 4.69) is 29.1 Å². The molecular formula is C16H33N3. The molecule has 0 bridgehead atoms. The molecule has 1 atom stereocenters. The van der Waals surface area contributed by atoms with E-state index < -0.39 is 0 Å². The summed E-state index contributed by atoms with van der Waals surface area (Å²) in [5.74, 6) is 1.84. The SMILES string of the molecule is CC1CCN(CCCNCC2CCCN(C)C2)CC1. The van der Waals surface area contributed by atoms with Gasteiger partial charge in [-0.2, -0.15) is 0 Å². The van der Waals surface area contributed by atoms with Crippen LogP contribution in [0.3, 0.4) is 0 Å². The molecule has 2 saturated heterocycles. The lowest BCUT2D eigenvalue weighted by atomic mass is 9.98. The van der Waals surface area contributed by atoms with Crippen LogP contribution >= 0.6 is 0 Å². The molecule has 0 spiro atoms. The normalized spacial score (nSPS) is 27.8. The lowest BCUT2D eigenvalue weighted by molar-refractivity contribution is 0.187. The number of nitrogens with one attached hydrogen (secondary N) is 1. The van der Waals surface area contributed by atoms with Gasteiger partial charge in [0.05, 0.1) is 0 Å². The van der Waals surface area contributed by atoms with Crippen molar-refractivity contribution in [1.82, 2.24) is 15.1 Å². The van der Waals surface area contributed by atoms with Crippen LogP contribution in [0, 0.1) is 11.8 Å². The minimum absolute atomic E-state index is 0.884. The van der Waals surface area contributed by atoms with Crippen molar-refractivity contribution in [2.45, 2.75) is 39.0 Å². The van der Waals surface area contributed by atoms with Crippen molar-refractivity contribution in [3.8, 4) is 0 Å². The molecule has 1 N–H and O–H groups in total. The molecule has 2 heterocycles. The lowest BCUT2D eigenvalue weighted by Crippen LogP contribution is -2.38. The maximum atomic E-state index is 3.67. The standard InChI is InChI=1S/C16H33N3/c1-15-6-11-19(12-7-15)10-4-8-17-13-16-5-3-9-18(2)14-16/h15-17H,3-14H2,1-2H3. The van der Waals surface area contributed by atoms with Crippen LogP contribution in [0.2, 0.25) is 0 Å². The number of hydrogen-bond donors (Lipinski definition) is 1. The van der Waals surface area contributed by atoms with Gasteiger partial charge in [-0.3, -0.25) is 0 Å². The smallest absolute Gasteiger partial charge is 0.00187 e. The van der Waals surface area contributed by atoms with Crippen molar-refractivity contribution in [3.63, 3.8) is 0 Å². The van der Waals surface area contributed by atoms with Crippen molar-refractivity contribution in [1.29, 1.82) is 0 Å². The van der Waals surface area contributed by atoms with Gasteiger partial charge in [-0.15, -0.1) is 0 Å². The van der Waals surface area contributed by atoms with E-state index in [-0.39, 0.29) is 0 Å². The van der Waals surface area contributed by atoms with E-state index in [0.29, 0.717) is 0 Å². The highest BCUT2D eigenvalue weighted by Gasteiger charge is 2.17. The topological polar surface area (TPSA) is 18.5 Å². The first kappa shape index (κ1) is 15.3. The lowest BCUT2D eigenvalue weighted by Gasteiger charge is -2.31. The first-order chi connectivity index (χ1) is 9.24. The predicted octanol–water partition coefficient (Wildman–Crippen LogP) is 2.04. The predicted molar refractivity (Wildman–Crippen MR) is 82.5 cm³/mol. The molecule has 2 aliphatic rings. The molecule has 0 aromatic carbocycles. The first-order valence-corrected chi connectivity index (χ1v) is 8.35. The molecule has 0 radical (unpaired) electrons. The molecule has 3 nitrogen and oxygen atoms in total. The summed E-state index contributed by atoms with van der Waals surface area (Å²) in [6, 6.07) is 0. The summed E-state index contributed by atoms with van der Waals surface area (Å²) in [5, 5.41) is 3.67. The monoisotopic (exact) mass is 267 g/mol. The molecule has 112 valence electrons. The third kappa shape index (κ3) is 5.80. The van der Waals surface area contributed by atoms with Gasteiger partial charge in [0.25, 0.3) is 0 Å². The van der Waals surface area contributed by atoms with Gasteiger partial charge in [0.2, 0.25) is 0 Å². The summed E-state index contributed by atoms with van der Waals surface area (Å²) in [6.45, 7) is 11.3. The van der Waals surface area contributed by atoms with Crippen LogP contribution in [0.1, 0.15) is 39.0 Å². The second-order valence-corrected chi connectivity index (χ2v) is 6.85. The average molecular weight is 267 g/mol. The third-order valence-electron chi connectivity index (χ3n) is 4.86. The second kappa shape index (κ2) is 8.23. The van der Waals surface area contributed by atoms with Crippen molar-refractivity contribution in [2.24, 2.45) is 11.8 Å². The summed E-state index contributed by atoms with van der Waals surface area (Å²) in [6.07, 6.45) is 6.93. The zero-order chi connectivity index (χ0) is 13.5. The second-order valence-electron chi connectivity index (χ2n) is 6.85. The molecule has 2 fully saturated rings. The highest BCUT2D eigenvalue weighted by molar-refractivity contribution is 4.73. The van der Waals surface area contributed by atoms with Gasteiger partial charge in [-0.1, -0.05) is 6.92 Å². The zero-order valence-electron chi connectivity index (χ0n) is 13.0. The fourth-order valence-electron chi connectivity index (χ4n) is 3.46. The molecule has 19 heavy (non-hydrogen) atoms. The van der Waals surface area contributed by atoms with Crippen molar-refractivity contribution < 1.29 is 0 Å². The van der Waals surface area contributed by atoms with Gasteiger partial charge in [0.15, 0.2) is 0 Å². The molecule has 0 aliphatic carbocycles. The van der Waals surface area contributed by atoms with Gasteiger partial charge in [0, 0.05) is 6.54 Å². The Hall–Kier alpha value is -0.120. The molecule has 0 aromatic heterocycles. The Morgan fingerprint density at radius 2 is 1.89 bits per heavy atom. The summed E-state index contributed by atoms with van der Waals surface area (Å²) < 4.78 is 0. The average Bonchev–Trinajstić information content (AvgIpc) is 2.41. The minimum atomic E-state index is 0.884. The Morgan fingerprint density at radius 1 is 1.11 bits per heavy atom. The highest BCUT2D eigenvalue weighted by Crippen LogP contribution is 2.16. The number of rotatable bonds is 6. The fraction of sp³-hybridized carbons (Fsp3) is 1.00. The van der Waals surface area contributed by atoms with Crippen LogP contribution < -0.4 is 5.32 Å². The molecule has 0 amide bonds. The van der Waals surface area contributed by atoms with E-state index in [9.17, 15) is 0 Å². The zero-order valence-corrected chi connectivity index (χ0v) is 13.0. The Balaban J connectivity index is 1.46. The summed E-state index contributed by atoms with van der Waals surface area (Å²) >= 11 is 0. The molecule has 2 rings (SSSR count). The Morgan fingerprint density at radius 3 is 2.63 bits per heavy atom. The van der Waals surface area contributed by atoms with Crippen molar-refractivity contribution in [2.75, 3.05) is 52.9 Å². The number of likely N-dealkylation sites (tertiary alicyclic amines) is 2.